The van der Waals surface area contributed by atoms with Crippen molar-refractivity contribution in [2.45, 2.75) is 79.3 Å². The molecule has 0 saturated carbocycles. The van der Waals surface area contributed by atoms with E-state index in [-0.39, 0.29) is 24.3 Å². The van der Waals surface area contributed by atoms with Crippen molar-refractivity contribution < 1.29 is 14.3 Å². The van der Waals surface area contributed by atoms with Gasteiger partial charge in [-0.05, 0) is 73.6 Å². The second-order valence-electron chi connectivity index (χ2n) is 11.7. The van der Waals surface area contributed by atoms with Gasteiger partial charge in [-0.15, -0.1) is 0 Å². The molecule has 1 aromatic heterocycles. The Labute approximate surface area is 264 Å². The molecule has 0 spiro atoms. The molecule has 0 N–H and O–H groups in total. The van der Waals surface area contributed by atoms with Crippen LogP contribution in [0.1, 0.15) is 87.0 Å². The number of hydrogen-bond acceptors (Lipinski definition) is 3. The number of unbranched alkanes of at least 4 members (excludes halogenated alkanes) is 3. The van der Waals surface area contributed by atoms with E-state index in [1.54, 1.807) is 4.90 Å². The molecule has 3 aromatic rings. The Morgan fingerprint density at radius 1 is 0.907 bits per heavy atom. The van der Waals surface area contributed by atoms with E-state index in [0.29, 0.717) is 51.4 Å². The number of rotatable bonds is 19. The molecule has 0 unspecified atom stereocenters. The molecule has 0 radical (unpaired) electrons. The van der Waals surface area contributed by atoms with Crippen molar-refractivity contribution in [3.8, 4) is 0 Å². The van der Waals surface area contributed by atoms with Crippen molar-refractivity contribution in [3.63, 3.8) is 0 Å². The SMILES string of the molecule is CCCCCCc1ccc(C(=O)N(CCCOCC)CC(=O)N(Cc2cccn2Cc2ccccc2Cl)CC(C)C)cc1. The number of halogens is 1. The minimum Gasteiger partial charge on any atom is -0.382 e. The van der Waals surface area contributed by atoms with Crippen LogP contribution in [0.5, 0.6) is 0 Å². The van der Waals surface area contributed by atoms with E-state index in [0.717, 1.165) is 29.1 Å². The Morgan fingerprint density at radius 2 is 1.67 bits per heavy atom. The van der Waals surface area contributed by atoms with Gasteiger partial charge in [0.15, 0.2) is 0 Å². The highest BCUT2D eigenvalue weighted by Crippen LogP contribution is 2.19. The predicted molar refractivity (Wildman–Crippen MR) is 177 cm³/mol. The summed E-state index contributed by atoms with van der Waals surface area (Å²) >= 11 is 6.44. The standard InChI is InChI=1S/C36H50ClN3O3/c1-5-7-8-9-14-30-18-20-31(21-19-30)36(42)39(23-13-24-43-6-2)28-35(41)40(25-29(3)4)27-33-16-12-22-38(33)26-32-15-10-11-17-34(32)37/h10-12,15-22,29H,5-9,13-14,23-28H2,1-4H3. The Kier molecular flexibility index (Phi) is 14.8. The van der Waals surface area contributed by atoms with Crippen LogP contribution in [0.25, 0.3) is 0 Å². The van der Waals surface area contributed by atoms with Crippen molar-refractivity contribution in [2.75, 3.05) is 32.8 Å². The molecule has 0 aliphatic rings. The van der Waals surface area contributed by atoms with Crippen LogP contribution >= 0.6 is 11.6 Å². The van der Waals surface area contributed by atoms with Crippen LogP contribution in [0.15, 0.2) is 66.9 Å². The van der Waals surface area contributed by atoms with Crippen molar-refractivity contribution in [1.29, 1.82) is 0 Å². The normalized spacial score (nSPS) is 11.2. The number of carbonyl (C=O) groups excluding carboxylic acids is 2. The lowest BCUT2D eigenvalue weighted by Crippen LogP contribution is -2.44. The first-order valence-corrected chi connectivity index (χ1v) is 16.3. The largest absolute Gasteiger partial charge is 0.382 e. The molecule has 234 valence electrons. The van der Waals surface area contributed by atoms with Gasteiger partial charge in [-0.2, -0.15) is 0 Å². The number of carbonyl (C=O) groups is 2. The topological polar surface area (TPSA) is 54.8 Å². The van der Waals surface area contributed by atoms with Gasteiger partial charge >= 0.3 is 0 Å². The van der Waals surface area contributed by atoms with E-state index in [1.807, 2.05) is 66.6 Å². The van der Waals surface area contributed by atoms with Gasteiger partial charge in [-0.3, -0.25) is 9.59 Å². The fraction of sp³-hybridized carbons (Fsp3) is 0.500. The Bertz CT molecular complexity index is 1250. The highest BCUT2D eigenvalue weighted by atomic mass is 35.5. The minimum absolute atomic E-state index is 0.0294. The average molecular weight is 608 g/mol. The lowest BCUT2D eigenvalue weighted by atomic mass is 10.0. The second kappa shape index (κ2) is 18.5. The van der Waals surface area contributed by atoms with E-state index in [9.17, 15) is 9.59 Å². The van der Waals surface area contributed by atoms with Gasteiger partial charge in [0, 0.05) is 55.3 Å². The maximum Gasteiger partial charge on any atom is 0.254 e. The third kappa shape index (κ3) is 11.5. The lowest BCUT2D eigenvalue weighted by Gasteiger charge is -2.29. The highest BCUT2D eigenvalue weighted by Gasteiger charge is 2.24. The summed E-state index contributed by atoms with van der Waals surface area (Å²) in [6.07, 6.45) is 8.57. The lowest BCUT2D eigenvalue weighted by molar-refractivity contribution is -0.133. The predicted octanol–water partition coefficient (Wildman–Crippen LogP) is 7.87. The summed E-state index contributed by atoms with van der Waals surface area (Å²) in [6.45, 7) is 11.8. The van der Waals surface area contributed by atoms with E-state index in [2.05, 4.69) is 37.5 Å². The van der Waals surface area contributed by atoms with Crippen LogP contribution in [-0.2, 0) is 29.0 Å². The van der Waals surface area contributed by atoms with Gasteiger partial charge in [0.1, 0.15) is 6.54 Å². The smallest absolute Gasteiger partial charge is 0.254 e. The maximum absolute atomic E-state index is 13.9. The molecule has 6 nitrogen and oxygen atoms in total. The quantitative estimate of drug-likeness (QED) is 0.130. The zero-order valence-electron chi connectivity index (χ0n) is 26.6. The van der Waals surface area contributed by atoms with Crippen LogP contribution in [0.4, 0.5) is 0 Å². The number of nitrogens with zero attached hydrogens (tertiary/aromatic N) is 3. The fourth-order valence-corrected chi connectivity index (χ4v) is 5.41. The summed E-state index contributed by atoms with van der Waals surface area (Å²) < 4.78 is 7.68. The molecule has 3 rings (SSSR count). The molecule has 0 aliphatic heterocycles. The van der Waals surface area contributed by atoms with Crippen molar-refractivity contribution in [3.05, 3.63) is 94.3 Å². The summed E-state index contributed by atoms with van der Waals surface area (Å²) in [7, 11) is 0. The molecular weight excluding hydrogens is 558 g/mol. The first-order chi connectivity index (χ1) is 20.8. The molecule has 0 atom stereocenters. The van der Waals surface area contributed by atoms with Crippen molar-refractivity contribution >= 4 is 23.4 Å². The summed E-state index contributed by atoms with van der Waals surface area (Å²) in [5.41, 5.74) is 3.92. The number of aryl methyl sites for hydroxylation is 1. The van der Waals surface area contributed by atoms with Crippen LogP contribution in [0.2, 0.25) is 5.02 Å². The van der Waals surface area contributed by atoms with Crippen LogP contribution in [-0.4, -0.2) is 59.0 Å². The third-order valence-corrected chi connectivity index (χ3v) is 7.94. The molecule has 2 aromatic carbocycles. The molecule has 1 heterocycles. The molecule has 43 heavy (non-hydrogen) atoms. The zero-order chi connectivity index (χ0) is 31.0. The Morgan fingerprint density at radius 3 is 2.37 bits per heavy atom. The van der Waals surface area contributed by atoms with Crippen molar-refractivity contribution in [1.82, 2.24) is 14.4 Å². The first kappa shape index (κ1) is 34.4. The molecule has 7 heteroatoms. The molecule has 0 aliphatic carbocycles. The Hall–Kier alpha value is -3.09. The number of benzene rings is 2. The highest BCUT2D eigenvalue weighted by molar-refractivity contribution is 6.31. The number of aromatic nitrogens is 1. The van der Waals surface area contributed by atoms with E-state index < -0.39 is 0 Å². The van der Waals surface area contributed by atoms with Crippen LogP contribution in [0.3, 0.4) is 0 Å². The molecule has 0 bridgehead atoms. The van der Waals surface area contributed by atoms with Crippen LogP contribution < -0.4 is 0 Å². The van der Waals surface area contributed by atoms with Gasteiger partial charge in [-0.1, -0.05) is 82.0 Å². The summed E-state index contributed by atoms with van der Waals surface area (Å²) in [4.78, 5) is 31.1. The van der Waals surface area contributed by atoms with Gasteiger partial charge in [0.25, 0.3) is 5.91 Å². The van der Waals surface area contributed by atoms with Gasteiger partial charge in [0.05, 0.1) is 6.54 Å². The summed E-state index contributed by atoms with van der Waals surface area (Å²) in [5.74, 6) is 0.105. The first-order valence-electron chi connectivity index (χ1n) is 15.9. The van der Waals surface area contributed by atoms with E-state index in [4.69, 9.17) is 16.3 Å². The second-order valence-corrected chi connectivity index (χ2v) is 12.1. The molecule has 2 amide bonds. The number of amides is 2. The maximum atomic E-state index is 13.9. The number of hydrogen-bond donors (Lipinski definition) is 0. The van der Waals surface area contributed by atoms with Gasteiger partial charge in [-0.25, -0.2) is 0 Å². The number of ether oxygens (including phenoxy) is 1. The van der Waals surface area contributed by atoms with Gasteiger partial charge < -0.3 is 19.1 Å². The summed E-state index contributed by atoms with van der Waals surface area (Å²) in [5, 5.41) is 0.725. The zero-order valence-corrected chi connectivity index (χ0v) is 27.3. The van der Waals surface area contributed by atoms with Crippen molar-refractivity contribution in [2.24, 2.45) is 5.92 Å². The molecular formula is C36H50ClN3O3. The summed E-state index contributed by atoms with van der Waals surface area (Å²) in [6, 6.07) is 19.8. The van der Waals surface area contributed by atoms with E-state index >= 15 is 0 Å². The third-order valence-electron chi connectivity index (χ3n) is 7.57. The molecule has 0 saturated heterocycles. The van der Waals surface area contributed by atoms with Crippen LogP contribution in [0, 0.1) is 5.92 Å². The molecule has 0 fully saturated rings. The van der Waals surface area contributed by atoms with E-state index in [1.165, 1.54) is 24.8 Å². The fourth-order valence-electron chi connectivity index (χ4n) is 5.22. The Balaban J connectivity index is 1.74. The minimum atomic E-state index is -0.117. The average Bonchev–Trinajstić information content (AvgIpc) is 3.43. The van der Waals surface area contributed by atoms with Gasteiger partial charge in [0.2, 0.25) is 5.91 Å². The monoisotopic (exact) mass is 607 g/mol.